The molecule has 4 nitrogen and oxygen atoms in total. The van der Waals surface area contributed by atoms with E-state index in [9.17, 15) is 0 Å². The van der Waals surface area contributed by atoms with Gasteiger partial charge < -0.3 is 10.1 Å². The van der Waals surface area contributed by atoms with Crippen molar-refractivity contribution in [2.45, 2.75) is 26.2 Å². The van der Waals surface area contributed by atoms with E-state index in [4.69, 9.17) is 16.3 Å². The number of nitrogens with zero attached hydrogens (tertiary/aromatic N) is 2. The second kappa shape index (κ2) is 5.19. The van der Waals surface area contributed by atoms with Crippen LogP contribution in [-0.2, 0) is 4.74 Å². The van der Waals surface area contributed by atoms with Gasteiger partial charge in [0, 0.05) is 26.3 Å². The molecule has 5 heteroatoms. The molecule has 0 atom stereocenters. The first-order valence-corrected chi connectivity index (χ1v) is 6.25. The zero-order valence-corrected chi connectivity index (χ0v) is 11.0. The van der Waals surface area contributed by atoms with E-state index in [2.05, 4.69) is 15.3 Å². The Morgan fingerprint density at radius 2 is 2.24 bits per heavy atom. The van der Waals surface area contributed by atoms with Crippen molar-refractivity contribution in [3.8, 4) is 0 Å². The maximum atomic E-state index is 5.89. The van der Waals surface area contributed by atoms with Crippen LogP contribution in [0.4, 0.5) is 5.82 Å². The molecule has 0 aromatic carbocycles. The average Bonchev–Trinajstić information content (AvgIpc) is 3.03. The lowest BCUT2D eigenvalue weighted by molar-refractivity contribution is 0.175. The Balaban J connectivity index is 1.89. The van der Waals surface area contributed by atoms with Crippen LogP contribution in [-0.4, -0.2) is 30.2 Å². The van der Waals surface area contributed by atoms with Crippen molar-refractivity contribution >= 4 is 17.4 Å². The van der Waals surface area contributed by atoms with Crippen LogP contribution < -0.4 is 5.32 Å². The van der Waals surface area contributed by atoms with E-state index < -0.39 is 0 Å². The predicted molar refractivity (Wildman–Crippen MR) is 68.4 cm³/mol. The van der Waals surface area contributed by atoms with Gasteiger partial charge in [-0.2, -0.15) is 0 Å². The van der Waals surface area contributed by atoms with Gasteiger partial charge in [0.25, 0.3) is 0 Å². The first kappa shape index (κ1) is 12.6. The summed E-state index contributed by atoms with van der Waals surface area (Å²) in [6, 6.07) is 1.76. The van der Waals surface area contributed by atoms with Crippen molar-refractivity contribution in [1.82, 2.24) is 9.97 Å². The number of methoxy groups -OCH3 is 1. The number of hydrogen-bond acceptors (Lipinski definition) is 4. The Morgan fingerprint density at radius 3 is 2.82 bits per heavy atom. The maximum absolute atomic E-state index is 5.89. The number of aryl methyl sites for hydroxylation is 1. The van der Waals surface area contributed by atoms with Crippen molar-refractivity contribution in [1.29, 1.82) is 0 Å². The molecular formula is C12H18ClN3O. The molecule has 0 saturated heterocycles. The molecule has 0 radical (unpaired) electrons. The zero-order valence-electron chi connectivity index (χ0n) is 10.3. The van der Waals surface area contributed by atoms with Gasteiger partial charge in [0.15, 0.2) is 0 Å². The largest absolute Gasteiger partial charge is 0.385 e. The van der Waals surface area contributed by atoms with E-state index in [1.165, 1.54) is 12.8 Å². The first-order valence-electron chi connectivity index (χ1n) is 5.88. The second-order valence-corrected chi connectivity index (χ2v) is 5.11. The number of aromatic nitrogens is 2. The Morgan fingerprint density at radius 1 is 1.47 bits per heavy atom. The minimum atomic E-state index is 0.404. The lowest BCUT2D eigenvalue weighted by atomic mass is 10.0. The van der Waals surface area contributed by atoms with Gasteiger partial charge in [-0.1, -0.05) is 11.6 Å². The number of anilines is 1. The summed E-state index contributed by atoms with van der Waals surface area (Å²) in [5.74, 6) is 1.51. The number of hydrogen-bond donors (Lipinski definition) is 1. The van der Waals surface area contributed by atoms with Gasteiger partial charge >= 0.3 is 0 Å². The van der Waals surface area contributed by atoms with Crippen molar-refractivity contribution in [2.24, 2.45) is 5.41 Å². The predicted octanol–water partition coefficient (Wildman–Crippen LogP) is 2.67. The standard InChI is InChI=1S/C12H18ClN3O/c1-9-15-10(13)7-11(16-9)14-8-12(3-4-12)5-6-17-2/h7H,3-6,8H2,1-2H3,(H,14,15,16). The molecule has 0 unspecified atom stereocenters. The van der Waals surface area contributed by atoms with Crippen molar-refractivity contribution in [2.75, 3.05) is 25.6 Å². The molecular weight excluding hydrogens is 238 g/mol. The molecule has 2 rings (SSSR count). The zero-order chi connectivity index (χ0) is 12.3. The van der Waals surface area contributed by atoms with Gasteiger partial charge in [-0.15, -0.1) is 0 Å². The monoisotopic (exact) mass is 255 g/mol. The Hall–Kier alpha value is -0.870. The van der Waals surface area contributed by atoms with E-state index in [1.807, 2.05) is 6.92 Å². The molecule has 1 fully saturated rings. The van der Waals surface area contributed by atoms with Gasteiger partial charge in [-0.3, -0.25) is 0 Å². The van der Waals surface area contributed by atoms with Crippen LogP contribution in [0.25, 0.3) is 0 Å². The summed E-state index contributed by atoms with van der Waals surface area (Å²) in [5, 5.41) is 3.83. The summed E-state index contributed by atoms with van der Waals surface area (Å²) in [7, 11) is 1.75. The summed E-state index contributed by atoms with van der Waals surface area (Å²) in [6.45, 7) is 3.60. The molecule has 1 heterocycles. The summed E-state index contributed by atoms with van der Waals surface area (Å²) in [5.41, 5.74) is 0.404. The Bertz CT molecular complexity index is 373. The summed E-state index contributed by atoms with van der Waals surface area (Å²) >= 11 is 5.89. The molecule has 1 saturated carbocycles. The number of rotatable bonds is 6. The van der Waals surface area contributed by atoms with E-state index in [0.717, 1.165) is 25.4 Å². The van der Waals surface area contributed by atoms with Crippen LogP contribution in [0.2, 0.25) is 5.15 Å². The third-order valence-electron chi connectivity index (χ3n) is 3.24. The van der Waals surface area contributed by atoms with Gasteiger partial charge in [0.2, 0.25) is 0 Å². The van der Waals surface area contributed by atoms with Crippen LogP contribution in [0.3, 0.4) is 0 Å². The molecule has 0 aliphatic heterocycles. The molecule has 17 heavy (non-hydrogen) atoms. The fourth-order valence-electron chi connectivity index (χ4n) is 1.91. The lowest BCUT2D eigenvalue weighted by Crippen LogP contribution is -2.18. The quantitative estimate of drug-likeness (QED) is 0.794. The maximum Gasteiger partial charge on any atom is 0.134 e. The number of ether oxygens (including phenoxy) is 1. The van der Waals surface area contributed by atoms with E-state index in [0.29, 0.717) is 16.4 Å². The van der Waals surface area contributed by atoms with Crippen molar-refractivity contribution in [3.05, 3.63) is 17.0 Å². The third-order valence-corrected chi connectivity index (χ3v) is 3.44. The van der Waals surface area contributed by atoms with Crippen LogP contribution >= 0.6 is 11.6 Å². The molecule has 1 aromatic rings. The smallest absolute Gasteiger partial charge is 0.134 e. The topological polar surface area (TPSA) is 47.0 Å². The first-order chi connectivity index (χ1) is 8.13. The third kappa shape index (κ3) is 3.54. The Labute approximate surface area is 107 Å². The van der Waals surface area contributed by atoms with Gasteiger partial charge in [0.1, 0.15) is 16.8 Å². The minimum absolute atomic E-state index is 0.404. The fourth-order valence-corrected chi connectivity index (χ4v) is 2.14. The van der Waals surface area contributed by atoms with Crippen molar-refractivity contribution in [3.63, 3.8) is 0 Å². The molecule has 1 aromatic heterocycles. The van der Waals surface area contributed by atoms with Crippen molar-refractivity contribution < 1.29 is 4.74 Å². The Kier molecular flexibility index (Phi) is 3.84. The molecule has 94 valence electrons. The van der Waals surface area contributed by atoms with Gasteiger partial charge in [-0.05, 0) is 31.6 Å². The number of nitrogens with one attached hydrogen (secondary N) is 1. The molecule has 1 aliphatic carbocycles. The SMILES string of the molecule is COCCC1(CNc2cc(Cl)nc(C)n2)CC1. The van der Waals surface area contributed by atoms with E-state index >= 15 is 0 Å². The number of halogens is 1. The van der Waals surface area contributed by atoms with Gasteiger partial charge in [-0.25, -0.2) is 9.97 Å². The normalized spacial score (nSPS) is 16.9. The fraction of sp³-hybridized carbons (Fsp3) is 0.667. The highest BCUT2D eigenvalue weighted by Crippen LogP contribution is 2.48. The van der Waals surface area contributed by atoms with E-state index in [-0.39, 0.29) is 0 Å². The van der Waals surface area contributed by atoms with Gasteiger partial charge in [0.05, 0.1) is 0 Å². The highest BCUT2D eigenvalue weighted by molar-refractivity contribution is 6.29. The minimum Gasteiger partial charge on any atom is -0.385 e. The summed E-state index contributed by atoms with van der Waals surface area (Å²) in [6.07, 6.45) is 3.64. The molecule has 1 N–H and O–H groups in total. The molecule has 1 aliphatic rings. The van der Waals surface area contributed by atoms with Crippen LogP contribution in [0, 0.1) is 12.3 Å². The summed E-state index contributed by atoms with van der Waals surface area (Å²) < 4.78 is 5.13. The van der Waals surface area contributed by atoms with Crippen LogP contribution in [0.15, 0.2) is 6.07 Å². The average molecular weight is 256 g/mol. The highest BCUT2D eigenvalue weighted by Gasteiger charge is 2.41. The second-order valence-electron chi connectivity index (χ2n) is 4.72. The highest BCUT2D eigenvalue weighted by atomic mass is 35.5. The lowest BCUT2D eigenvalue weighted by Gasteiger charge is -2.16. The van der Waals surface area contributed by atoms with Crippen LogP contribution in [0.1, 0.15) is 25.1 Å². The summed E-state index contributed by atoms with van der Waals surface area (Å²) in [4.78, 5) is 8.35. The van der Waals surface area contributed by atoms with Crippen LogP contribution in [0.5, 0.6) is 0 Å². The molecule has 0 spiro atoms. The van der Waals surface area contributed by atoms with E-state index in [1.54, 1.807) is 13.2 Å². The molecule has 0 amide bonds. The molecule has 0 bridgehead atoms.